The molecule has 0 bridgehead atoms. The summed E-state index contributed by atoms with van der Waals surface area (Å²) in [6.45, 7) is 1.56. The van der Waals surface area contributed by atoms with Gasteiger partial charge in [-0.05, 0) is 18.9 Å². The molecule has 0 amide bonds. The molecule has 1 aliphatic heterocycles. The van der Waals surface area contributed by atoms with Crippen LogP contribution >= 0.6 is 0 Å². The summed E-state index contributed by atoms with van der Waals surface area (Å²) in [6, 6.07) is 1.83. The van der Waals surface area contributed by atoms with Crippen LogP contribution in [0.15, 0.2) is 16.9 Å². The SMILES string of the molecule is Nc1cc2ncoc2nc1C1CCOCC1. The zero-order chi connectivity index (χ0) is 11.0. The van der Waals surface area contributed by atoms with Crippen LogP contribution in [0.3, 0.4) is 0 Å². The molecule has 0 saturated carbocycles. The van der Waals surface area contributed by atoms with Crippen molar-refractivity contribution in [2.24, 2.45) is 0 Å². The molecule has 16 heavy (non-hydrogen) atoms. The standard InChI is InChI=1S/C11H13N3O2/c12-8-5-9-11(16-6-13-9)14-10(8)7-1-3-15-4-2-7/h5-7H,1-4,12H2. The summed E-state index contributed by atoms with van der Waals surface area (Å²) in [5.74, 6) is 0.378. The van der Waals surface area contributed by atoms with Gasteiger partial charge in [0.15, 0.2) is 6.39 Å². The third-order valence-corrected chi connectivity index (χ3v) is 2.99. The predicted octanol–water partition coefficient (Wildman–Crippen LogP) is 1.70. The second-order valence-corrected chi connectivity index (χ2v) is 4.03. The maximum absolute atomic E-state index is 5.99. The smallest absolute Gasteiger partial charge is 0.247 e. The largest absolute Gasteiger partial charge is 0.425 e. The molecule has 1 saturated heterocycles. The van der Waals surface area contributed by atoms with Gasteiger partial charge in [0.25, 0.3) is 0 Å². The van der Waals surface area contributed by atoms with Crippen molar-refractivity contribution in [3.05, 3.63) is 18.2 Å². The Labute approximate surface area is 92.6 Å². The Morgan fingerprint density at radius 3 is 2.94 bits per heavy atom. The molecule has 1 fully saturated rings. The molecule has 0 aliphatic carbocycles. The van der Waals surface area contributed by atoms with E-state index < -0.39 is 0 Å². The Bertz CT molecular complexity index is 503. The minimum absolute atomic E-state index is 0.378. The minimum atomic E-state index is 0.378. The molecular weight excluding hydrogens is 206 g/mol. The maximum Gasteiger partial charge on any atom is 0.247 e. The number of hydrogen-bond donors (Lipinski definition) is 1. The van der Waals surface area contributed by atoms with Gasteiger partial charge in [0.1, 0.15) is 5.52 Å². The van der Waals surface area contributed by atoms with Gasteiger partial charge in [-0.3, -0.25) is 0 Å². The van der Waals surface area contributed by atoms with Crippen molar-refractivity contribution in [1.82, 2.24) is 9.97 Å². The van der Waals surface area contributed by atoms with Crippen LogP contribution in [-0.2, 0) is 4.74 Å². The van der Waals surface area contributed by atoms with Crippen LogP contribution in [0.5, 0.6) is 0 Å². The molecule has 0 atom stereocenters. The van der Waals surface area contributed by atoms with Crippen molar-refractivity contribution in [2.75, 3.05) is 18.9 Å². The summed E-state index contributed by atoms with van der Waals surface area (Å²) < 4.78 is 10.5. The van der Waals surface area contributed by atoms with Gasteiger partial charge in [-0.1, -0.05) is 0 Å². The lowest BCUT2D eigenvalue weighted by molar-refractivity contribution is 0.0847. The molecule has 3 heterocycles. The maximum atomic E-state index is 5.99. The predicted molar refractivity (Wildman–Crippen MR) is 59.0 cm³/mol. The van der Waals surface area contributed by atoms with Crippen LogP contribution in [0.2, 0.25) is 0 Å². The van der Waals surface area contributed by atoms with Gasteiger partial charge in [0.2, 0.25) is 5.71 Å². The fourth-order valence-corrected chi connectivity index (χ4v) is 2.12. The first-order valence-corrected chi connectivity index (χ1v) is 5.42. The van der Waals surface area contributed by atoms with Gasteiger partial charge < -0.3 is 14.9 Å². The Kier molecular flexibility index (Phi) is 2.25. The van der Waals surface area contributed by atoms with E-state index >= 15 is 0 Å². The number of aromatic nitrogens is 2. The quantitative estimate of drug-likeness (QED) is 0.790. The summed E-state index contributed by atoms with van der Waals surface area (Å²) in [6.07, 6.45) is 3.33. The number of nitrogen functional groups attached to an aromatic ring is 1. The molecule has 3 rings (SSSR count). The highest BCUT2D eigenvalue weighted by molar-refractivity contribution is 5.73. The molecular formula is C11H13N3O2. The van der Waals surface area contributed by atoms with Crippen LogP contribution in [0.25, 0.3) is 11.2 Å². The third-order valence-electron chi connectivity index (χ3n) is 2.99. The summed E-state index contributed by atoms with van der Waals surface area (Å²) >= 11 is 0. The monoisotopic (exact) mass is 219 g/mol. The number of pyridine rings is 1. The van der Waals surface area contributed by atoms with E-state index in [2.05, 4.69) is 9.97 Å². The number of fused-ring (bicyclic) bond motifs is 1. The van der Waals surface area contributed by atoms with Crippen molar-refractivity contribution >= 4 is 16.9 Å². The zero-order valence-electron chi connectivity index (χ0n) is 8.85. The van der Waals surface area contributed by atoms with Crippen molar-refractivity contribution in [2.45, 2.75) is 18.8 Å². The Morgan fingerprint density at radius 2 is 2.12 bits per heavy atom. The third kappa shape index (κ3) is 1.53. The van der Waals surface area contributed by atoms with Gasteiger partial charge in [-0.15, -0.1) is 0 Å². The van der Waals surface area contributed by atoms with Crippen LogP contribution in [0.4, 0.5) is 5.69 Å². The highest BCUT2D eigenvalue weighted by Crippen LogP contribution is 2.30. The Morgan fingerprint density at radius 1 is 1.31 bits per heavy atom. The van der Waals surface area contributed by atoms with Crippen LogP contribution in [0.1, 0.15) is 24.5 Å². The molecule has 0 aromatic carbocycles. The van der Waals surface area contributed by atoms with Crippen LogP contribution in [-0.4, -0.2) is 23.2 Å². The lowest BCUT2D eigenvalue weighted by atomic mass is 9.95. The molecule has 84 valence electrons. The lowest BCUT2D eigenvalue weighted by Gasteiger charge is -2.22. The molecule has 1 aliphatic rings. The zero-order valence-corrected chi connectivity index (χ0v) is 8.85. The summed E-state index contributed by atoms with van der Waals surface area (Å²) in [5, 5.41) is 0. The number of nitrogens with zero attached hydrogens (tertiary/aromatic N) is 2. The van der Waals surface area contributed by atoms with E-state index in [-0.39, 0.29) is 0 Å². The molecule has 2 N–H and O–H groups in total. The molecule has 2 aromatic heterocycles. The summed E-state index contributed by atoms with van der Waals surface area (Å²) in [7, 11) is 0. The number of ether oxygens (including phenoxy) is 1. The van der Waals surface area contributed by atoms with Gasteiger partial charge >= 0.3 is 0 Å². The van der Waals surface area contributed by atoms with Crippen molar-refractivity contribution in [3.63, 3.8) is 0 Å². The first-order valence-electron chi connectivity index (χ1n) is 5.42. The van der Waals surface area contributed by atoms with E-state index in [1.807, 2.05) is 6.07 Å². The Hall–Kier alpha value is -1.62. The highest BCUT2D eigenvalue weighted by Gasteiger charge is 2.20. The average Bonchev–Trinajstić information content (AvgIpc) is 2.76. The van der Waals surface area contributed by atoms with Crippen LogP contribution in [0, 0.1) is 0 Å². The molecule has 0 spiro atoms. The molecule has 5 heteroatoms. The van der Waals surface area contributed by atoms with Gasteiger partial charge in [0, 0.05) is 19.1 Å². The first kappa shape index (κ1) is 9.59. The van der Waals surface area contributed by atoms with Crippen molar-refractivity contribution in [3.8, 4) is 0 Å². The van der Waals surface area contributed by atoms with E-state index in [9.17, 15) is 0 Å². The van der Waals surface area contributed by atoms with Gasteiger partial charge in [0.05, 0.1) is 11.4 Å². The highest BCUT2D eigenvalue weighted by atomic mass is 16.5. The minimum Gasteiger partial charge on any atom is -0.425 e. The number of hydrogen-bond acceptors (Lipinski definition) is 5. The number of nitrogens with two attached hydrogens (primary N) is 1. The normalized spacial score (nSPS) is 18.0. The average molecular weight is 219 g/mol. The second kappa shape index (κ2) is 3.75. The number of anilines is 1. The van der Waals surface area contributed by atoms with Gasteiger partial charge in [-0.25, -0.2) is 9.97 Å². The van der Waals surface area contributed by atoms with E-state index in [0.29, 0.717) is 22.8 Å². The van der Waals surface area contributed by atoms with E-state index in [0.717, 1.165) is 31.7 Å². The Balaban J connectivity index is 2.03. The fraction of sp³-hybridized carbons (Fsp3) is 0.455. The first-order chi connectivity index (χ1) is 7.84. The summed E-state index contributed by atoms with van der Waals surface area (Å²) in [4.78, 5) is 8.48. The van der Waals surface area contributed by atoms with E-state index in [1.165, 1.54) is 6.39 Å². The number of rotatable bonds is 1. The molecule has 0 radical (unpaired) electrons. The number of oxazole rings is 1. The van der Waals surface area contributed by atoms with E-state index in [4.69, 9.17) is 14.9 Å². The second-order valence-electron chi connectivity index (χ2n) is 4.03. The molecule has 5 nitrogen and oxygen atoms in total. The topological polar surface area (TPSA) is 74.2 Å². The lowest BCUT2D eigenvalue weighted by Crippen LogP contribution is -2.16. The van der Waals surface area contributed by atoms with E-state index in [1.54, 1.807) is 0 Å². The van der Waals surface area contributed by atoms with Crippen molar-refractivity contribution < 1.29 is 9.15 Å². The fourth-order valence-electron chi connectivity index (χ4n) is 2.12. The van der Waals surface area contributed by atoms with Crippen LogP contribution < -0.4 is 5.73 Å². The molecule has 2 aromatic rings. The molecule has 0 unspecified atom stereocenters. The van der Waals surface area contributed by atoms with Crippen molar-refractivity contribution in [1.29, 1.82) is 0 Å². The summed E-state index contributed by atoms with van der Waals surface area (Å²) in [5.41, 5.74) is 8.90. The van der Waals surface area contributed by atoms with Gasteiger partial charge in [-0.2, -0.15) is 0 Å².